The van der Waals surface area contributed by atoms with Gasteiger partial charge in [0.15, 0.2) is 0 Å². The van der Waals surface area contributed by atoms with Gasteiger partial charge >= 0.3 is 12.0 Å². The predicted octanol–water partition coefficient (Wildman–Crippen LogP) is -0.235. The van der Waals surface area contributed by atoms with Gasteiger partial charge in [0.1, 0.15) is 6.54 Å². The fourth-order valence-corrected chi connectivity index (χ4v) is 1.07. The molecule has 0 aromatic carbocycles. The van der Waals surface area contributed by atoms with Gasteiger partial charge in [-0.3, -0.25) is 9.59 Å². The van der Waals surface area contributed by atoms with Crippen LogP contribution in [0.1, 0.15) is 26.7 Å². The van der Waals surface area contributed by atoms with E-state index in [1.807, 2.05) is 6.92 Å². The molecule has 0 atom stereocenters. The molecule has 0 aliphatic carbocycles. The van der Waals surface area contributed by atoms with Crippen molar-refractivity contribution < 1.29 is 19.1 Å². The summed E-state index contributed by atoms with van der Waals surface area (Å²) < 4.78 is 4.63. The van der Waals surface area contributed by atoms with Crippen LogP contribution in [0.15, 0.2) is 0 Å². The lowest BCUT2D eigenvalue weighted by Crippen LogP contribution is -2.40. The largest absolute Gasteiger partial charge is 0.465 e. The topological polar surface area (TPSA) is 96.5 Å². The van der Waals surface area contributed by atoms with Crippen LogP contribution >= 0.6 is 0 Å². The maximum Gasteiger partial charge on any atom is 0.325 e. The van der Waals surface area contributed by atoms with Gasteiger partial charge in [-0.2, -0.15) is 0 Å². The fraction of sp³-hybridized carbons (Fsp3) is 0.727. The number of hydrogen-bond donors (Lipinski definition) is 3. The Labute approximate surface area is 107 Å². The molecule has 18 heavy (non-hydrogen) atoms. The van der Waals surface area contributed by atoms with Gasteiger partial charge in [0.05, 0.1) is 6.61 Å². The Morgan fingerprint density at radius 1 is 1.00 bits per heavy atom. The average molecular weight is 259 g/mol. The zero-order valence-electron chi connectivity index (χ0n) is 10.9. The highest BCUT2D eigenvalue weighted by Crippen LogP contribution is 1.80. The van der Waals surface area contributed by atoms with Crippen LogP contribution in [0.5, 0.6) is 0 Å². The standard InChI is InChI=1S/C11H21N3O4/c1-3-6-12-9(15)5-7-13-11(17)14-8-10(16)18-4-2/h3-8H2,1-2H3,(H,12,15)(H2,13,14,17). The minimum absolute atomic E-state index is 0.109. The van der Waals surface area contributed by atoms with E-state index < -0.39 is 12.0 Å². The molecule has 0 saturated heterocycles. The van der Waals surface area contributed by atoms with Crippen LogP contribution in [0.25, 0.3) is 0 Å². The quantitative estimate of drug-likeness (QED) is 0.524. The number of urea groups is 1. The van der Waals surface area contributed by atoms with Gasteiger partial charge in [-0.05, 0) is 13.3 Å². The lowest BCUT2D eigenvalue weighted by atomic mass is 10.4. The van der Waals surface area contributed by atoms with Crippen molar-refractivity contribution in [2.45, 2.75) is 26.7 Å². The van der Waals surface area contributed by atoms with Gasteiger partial charge in [0.2, 0.25) is 5.91 Å². The monoisotopic (exact) mass is 259 g/mol. The second kappa shape index (κ2) is 10.4. The summed E-state index contributed by atoms with van der Waals surface area (Å²) in [5.74, 6) is -0.601. The summed E-state index contributed by atoms with van der Waals surface area (Å²) in [5, 5.41) is 7.48. The van der Waals surface area contributed by atoms with Crippen molar-refractivity contribution in [1.29, 1.82) is 0 Å². The number of amides is 3. The molecule has 0 saturated carbocycles. The highest BCUT2D eigenvalue weighted by molar-refractivity contribution is 5.81. The van der Waals surface area contributed by atoms with Crippen molar-refractivity contribution in [2.24, 2.45) is 0 Å². The molecule has 0 aromatic heterocycles. The first-order chi connectivity index (χ1) is 8.60. The van der Waals surface area contributed by atoms with Crippen molar-refractivity contribution in [2.75, 3.05) is 26.2 Å². The number of rotatable bonds is 8. The first-order valence-corrected chi connectivity index (χ1v) is 6.04. The van der Waals surface area contributed by atoms with Crippen molar-refractivity contribution in [3.05, 3.63) is 0 Å². The summed E-state index contributed by atoms with van der Waals surface area (Å²) in [6.07, 6.45) is 1.09. The first-order valence-electron chi connectivity index (χ1n) is 6.04. The first kappa shape index (κ1) is 16.2. The van der Waals surface area contributed by atoms with E-state index in [2.05, 4.69) is 20.7 Å². The lowest BCUT2D eigenvalue weighted by Gasteiger charge is -2.07. The molecule has 0 aliphatic rings. The predicted molar refractivity (Wildman–Crippen MR) is 66.0 cm³/mol. The van der Waals surface area contributed by atoms with E-state index in [1.54, 1.807) is 6.92 Å². The minimum Gasteiger partial charge on any atom is -0.465 e. The number of hydrogen-bond acceptors (Lipinski definition) is 4. The Kier molecular flexibility index (Phi) is 9.34. The van der Waals surface area contributed by atoms with Crippen LogP contribution in [0.2, 0.25) is 0 Å². The molecule has 0 aromatic rings. The van der Waals surface area contributed by atoms with E-state index in [9.17, 15) is 14.4 Å². The number of esters is 1. The Morgan fingerprint density at radius 3 is 2.33 bits per heavy atom. The zero-order chi connectivity index (χ0) is 13.8. The maximum atomic E-state index is 11.2. The van der Waals surface area contributed by atoms with Crippen LogP contribution in [0.3, 0.4) is 0 Å². The Bertz CT molecular complexity index is 281. The van der Waals surface area contributed by atoms with Crippen molar-refractivity contribution in [3.63, 3.8) is 0 Å². The maximum absolute atomic E-state index is 11.2. The number of carbonyl (C=O) groups excluding carboxylic acids is 3. The van der Waals surface area contributed by atoms with Crippen LogP contribution in [-0.2, 0) is 14.3 Å². The van der Waals surface area contributed by atoms with Gasteiger partial charge in [-0.1, -0.05) is 6.92 Å². The van der Waals surface area contributed by atoms with Gasteiger partial charge in [-0.25, -0.2) is 4.79 Å². The van der Waals surface area contributed by atoms with Gasteiger partial charge in [0.25, 0.3) is 0 Å². The highest BCUT2D eigenvalue weighted by atomic mass is 16.5. The molecule has 3 amide bonds. The summed E-state index contributed by atoms with van der Waals surface area (Å²) in [6.45, 7) is 4.60. The van der Waals surface area contributed by atoms with Crippen LogP contribution in [0.4, 0.5) is 4.79 Å². The van der Waals surface area contributed by atoms with E-state index in [-0.39, 0.29) is 32.0 Å². The molecule has 0 fully saturated rings. The SMILES string of the molecule is CCCNC(=O)CCNC(=O)NCC(=O)OCC. The van der Waals surface area contributed by atoms with E-state index in [4.69, 9.17) is 0 Å². The molecule has 0 spiro atoms. The third-order valence-electron chi connectivity index (χ3n) is 1.91. The molecule has 0 unspecified atom stereocenters. The van der Waals surface area contributed by atoms with Crippen LogP contribution in [0, 0.1) is 0 Å². The highest BCUT2D eigenvalue weighted by Gasteiger charge is 2.06. The zero-order valence-corrected chi connectivity index (χ0v) is 10.9. The molecule has 3 N–H and O–H groups in total. The molecule has 0 radical (unpaired) electrons. The van der Waals surface area contributed by atoms with E-state index >= 15 is 0 Å². The van der Waals surface area contributed by atoms with Crippen molar-refractivity contribution in [3.8, 4) is 0 Å². The molecular weight excluding hydrogens is 238 g/mol. The Balaban J connectivity index is 3.53. The summed E-state index contributed by atoms with van der Waals surface area (Å²) in [4.78, 5) is 33.3. The number of ether oxygens (including phenoxy) is 1. The summed E-state index contributed by atoms with van der Waals surface area (Å²) in [5.41, 5.74) is 0. The van der Waals surface area contributed by atoms with Crippen LogP contribution in [-0.4, -0.2) is 44.1 Å². The third kappa shape index (κ3) is 9.44. The Hall–Kier alpha value is -1.79. The average Bonchev–Trinajstić information content (AvgIpc) is 2.34. The summed E-state index contributed by atoms with van der Waals surface area (Å²) in [7, 11) is 0. The van der Waals surface area contributed by atoms with Gasteiger partial charge in [-0.15, -0.1) is 0 Å². The molecule has 0 aliphatic heterocycles. The molecular formula is C11H21N3O4. The third-order valence-corrected chi connectivity index (χ3v) is 1.91. The van der Waals surface area contributed by atoms with E-state index in [0.717, 1.165) is 6.42 Å². The van der Waals surface area contributed by atoms with Crippen molar-refractivity contribution >= 4 is 17.9 Å². The summed E-state index contributed by atoms with van der Waals surface area (Å²) >= 11 is 0. The molecule has 0 bridgehead atoms. The normalized spacial score (nSPS) is 9.44. The number of carbonyl (C=O) groups is 3. The molecule has 0 rings (SSSR count). The van der Waals surface area contributed by atoms with Gasteiger partial charge < -0.3 is 20.7 Å². The summed E-state index contributed by atoms with van der Waals surface area (Å²) in [6, 6.07) is -0.494. The van der Waals surface area contributed by atoms with Gasteiger partial charge in [0, 0.05) is 19.5 Å². The fourth-order valence-electron chi connectivity index (χ4n) is 1.07. The minimum atomic E-state index is -0.494. The van der Waals surface area contributed by atoms with E-state index in [0.29, 0.717) is 6.54 Å². The lowest BCUT2D eigenvalue weighted by molar-refractivity contribution is -0.141. The smallest absolute Gasteiger partial charge is 0.325 e. The molecule has 104 valence electrons. The molecule has 7 nitrogen and oxygen atoms in total. The Morgan fingerprint density at radius 2 is 1.72 bits per heavy atom. The molecule has 7 heteroatoms. The number of nitrogens with one attached hydrogen (secondary N) is 3. The molecule has 0 heterocycles. The van der Waals surface area contributed by atoms with Crippen LogP contribution < -0.4 is 16.0 Å². The second-order valence-corrected chi connectivity index (χ2v) is 3.51. The van der Waals surface area contributed by atoms with Crippen molar-refractivity contribution in [1.82, 2.24) is 16.0 Å². The van der Waals surface area contributed by atoms with E-state index in [1.165, 1.54) is 0 Å². The second-order valence-electron chi connectivity index (χ2n) is 3.51.